The van der Waals surface area contributed by atoms with E-state index >= 15 is 0 Å². The molecule has 1 atom stereocenters. The van der Waals surface area contributed by atoms with Crippen LogP contribution in [0.5, 0.6) is 0 Å². The van der Waals surface area contributed by atoms with Crippen LogP contribution in [0, 0.1) is 17.6 Å². The Labute approximate surface area is 81.5 Å². The second-order valence-electron chi connectivity index (χ2n) is 3.20. The van der Waals surface area contributed by atoms with Gasteiger partial charge in [-0.3, -0.25) is 0 Å². The van der Waals surface area contributed by atoms with Crippen molar-refractivity contribution in [2.24, 2.45) is 5.92 Å². The molecule has 1 unspecified atom stereocenters. The summed E-state index contributed by atoms with van der Waals surface area (Å²) in [5.41, 5.74) is 0.396. The number of benzene rings is 1. The molecule has 0 aliphatic carbocycles. The van der Waals surface area contributed by atoms with Gasteiger partial charge in [-0.1, -0.05) is 6.92 Å². The first-order chi connectivity index (χ1) is 6.13. The van der Waals surface area contributed by atoms with Gasteiger partial charge < -0.3 is 0 Å². The van der Waals surface area contributed by atoms with Gasteiger partial charge in [0.2, 0.25) is 0 Å². The van der Waals surface area contributed by atoms with Crippen LogP contribution in [0.4, 0.5) is 8.78 Å². The van der Waals surface area contributed by atoms with Crippen molar-refractivity contribution in [2.75, 3.05) is 5.88 Å². The molecular weight excluding hydrogens is 194 g/mol. The zero-order chi connectivity index (χ0) is 9.84. The standard InChI is InChI=1S/C10H11ClF2/c1-7(6-11)4-8-5-9(12)2-3-10(8)13/h2-3,5,7H,4,6H2,1H3. The van der Waals surface area contributed by atoms with E-state index in [1.807, 2.05) is 6.92 Å². The van der Waals surface area contributed by atoms with E-state index in [0.717, 1.165) is 12.1 Å². The maximum absolute atomic E-state index is 13.1. The Hall–Kier alpha value is -0.630. The molecule has 0 amide bonds. The van der Waals surface area contributed by atoms with Gasteiger partial charge in [-0.05, 0) is 36.1 Å². The summed E-state index contributed by atoms with van der Waals surface area (Å²) in [6.45, 7) is 1.90. The fourth-order valence-corrected chi connectivity index (χ4v) is 1.24. The van der Waals surface area contributed by atoms with Crippen molar-refractivity contribution in [3.8, 4) is 0 Å². The lowest BCUT2D eigenvalue weighted by Gasteiger charge is -2.07. The highest BCUT2D eigenvalue weighted by atomic mass is 35.5. The van der Waals surface area contributed by atoms with Crippen LogP contribution < -0.4 is 0 Å². The third-order valence-electron chi connectivity index (χ3n) is 1.84. The van der Waals surface area contributed by atoms with Crippen LogP contribution in [0.2, 0.25) is 0 Å². The minimum Gasteiger partial charge on any atom is -0.207 e. The van der Waals surface area contributed by atoms with E-state index in [4.69, 9.17) is 11.6 Å². The zero-order valence-electron chi connectivity index (χ0n) is 7.36. The molecule has 72 valence electrons. The average Bonchev–Trinajstić information content (AvgIpc) is 2.11. The molecule has 0 nitrogen and oxygen atoms in total. The molecule has 0 bridgehead atoms. The molecule has 0 saturated heterocycles. The van der Waals surface area contributed by atoms with E-state index in [9.17, 15) is 8.78 Å². The predicted molar refractivity (Wildman–Crippen MR) is 49.9 cm³/mol. The molecule has 0 spiro atoms. The molecule has 3 heteroatoms. The maximum Gasteiger partial charge on any atom is 0.126 e. The highest BCUT2D eigenvalue weighted by molar-refractivity contribution is 6.18. The van der Waals surface area contributed by atoms with Crippen LogP contribution in [-0.2, 0) is 6.42 Å². The van der Waals surface area contributed by atoms with Crippen LogP contribution in [-0.4, -0.2) is 5.88 Å². The number of rotatable bonds is 3. The molecule has 0 aromatic heterocycles. The van der Waals surface area contributed by atoms with Gasteiger partial charge in [0.25, 0.3) is 0 Å². The van der Waals surface area contributed by atoms with Crippen molar-refractivity contribution in [2.45, 2.75) is 13.3 Å². The summed E-state index contributed by atoms with van der Waals surface area (Å²) in [5, 5.41) is 0. The molecule has 0 N–H and O–H groups in total. The molecule has 1 rings (SSSR count). The summed E-state index contributed by atoms with van der Waals surface area (Å²) < 4.78 is 25.8. The third kappa shape index (κ3) is 2.96. The first-order valence-corrected chi connectivity index (χ1v) is 4.67. The molecule has 13 heavy (non-hydrogen) atoms. The van der Waals surface area contributed by atoms with Crippen LogP contribution in [0.25, 0.3) is 0 Å². The van der Waals surface area contributed by atoms with Crippen molar-refractivity contribution in [1.82, 2.24) is 0 Å². The topological polar surface area (TPSA) is 0 Å². The molecule has 0 radical (unpaired) electrons. The summed E-state index contributed by atoms with van der Waals surface area (Å²) in [6.07, 6.45) is 0.479. The molecule has 0 saturated carbocycles. The predicted octanol–water partition coefficient (Wildman–Crippen LogP) is 3.38. The van der Waals surface area contributed by atoms with Gasteiger partial charge in [0.1, 0.15) is 11.6 Å². The van der Waals surface area contributed by atoms with Crippen LogP contribution in [0.3, 0.4) is 0 Å². The monoisotopic (exact) mass is 204 g/mol. The van der Waals surface area contributed by atoms with Crippen molar-refractivity contribution in [1.29, 1.82) is 0 Å². The Kier molecular flexibility index (Phi) is 3.67. The third-order valence-corrected chi connectivity index (χ3v) is 2.37. The van der Waals surface area contributed by atoms with Crippen LogP contribution in [0.15, 0.2) is 18.2 Å². The summed E-state index contributed by atoms with van der Waals surface area (Å²) in [4.78, 5) is 0. The number of halogens is 3. The molecule has 1 aromatic rings. The molecular formula is C10H11ClF2. The van der Waals surface area contributed by atoms with Gasteiger partial charge in [0.05, 0.1) is 0 Å². The highest BCUT2D eigenvalue weighted by Crippen LogP contribution is 2.15. The molecule has 1 aromatic carbocycles. The van der Waals surface area contributed by atoms with E-state index in [2.05, 4.69) is 0 Å². The first kappa shape index (κ1) is 10.5. The SMILES string of the molecule is CC(CCl)Cc1cc(F)ccc1F. The lowest BCUT2D eigenvalue weighted by Crippen LogP contribution is -2.03. The van der Waals surface area contributed by atoms with E-state index < -0.39 is 5.82 Å². The molecule has 0 aliphatic rings. The van der Waals surface area contributed by atoms with Crippen molar-refractivity contribution in [3.05, 3.63) is 35.4 Å². The van der Waals surface area contributed by atoms with Gasteiger partial charge >= 0.3 is 0 Å². The second-order valence-corrected chi connectivity index (χ2v) is 3.51. The fraction of sp³-hybridized carbons (Fsp3) is 0.400. The fourth-order valence-electron chi connectivity index (χ4n) is 1.13. The lowest BCUT2D eigenvalue weighted by atomic mass is 10.0. The van der Waals surface area contributed by atoms with Crippen molar-refractivity contribution < 1.29 is 8.78 Å². The number of hydrogen-bond donors (Lipinski definition) is 0. The summed E-state index contributed by atoms with van der Waals surface area (Å²) >= 11 is 5.58. The second kappa shape index (κ2) is 4.56. The molecule has 0 aliphatic heterocycles. The Balaban J connectivity index is 2.81. The Morgan fingerprint density at radius 2 is 2.08 bits per heavy atom. The minimum atomic E-state index is -0.404. The van der Waals surface area contributed by atoms with E-state index in [1.54, 1.807) is 0 Å². The van der Waals surface area contributed by atoms with Gasteiger partial charge in [0, 0.05) is 5.88 Å². The summed E-state index contributed by atoms with van der Waals surface area (Å²) in [6, 6.07) is 3.48. The Bertz CT molecular complexity index is 286. The first-order valence-electron chi connectivity index (χ1n) is 4.13. The maximum atomic E-state index is 13.1. The number of alkyl halides is 1. The van der Waals surface area contributed by atoms with Crippen LogP contribution >= 0.6 is 11.6 Å². The number of hydrogen-bond acceptors (Lipinski definition) is 0. The zero-order valence-corrected chi connectivity index (χ0v) is 8.11. The average molecular weight is 205 g/mol. The van der Waals surface area contributed by atoms with E-state index in [-0.39, 0.29) is 11.7 Å². The molecule has 0 fully saturated rings. The van der Waals surface area contributed by atoms with Gasteiger partial charge in [-0.15, -0.1) is 11.6 Å². The lowest BCUT2D eigenvalue weighted by molar-refractivity contribution is 0.560. The van der Waals surface area contributed by atoms with Crippen LogP contribution in [0.1, 0.15) is 12.5 Å². The summed E-state index contributed by atoms with van der Waals surface area (Å²) in [7, 11) is 0. The van der Waals surface area contributed by atoms with E-state index in [1.165, 1.54) is 6.07 Å². The van der Waals surface area contributed by atoms with E-state index in [0.29, 0.717) is 17.9 Å². The molecule has 0 heterocycles. The minimum absolute atomic E-state index is 0.165. The van der Waals surface area contributed by atoms with Gasteiger partial charge in [0.15, 0.2) is 0 Å². The quantitative estimate of drug-likeness (QED) is 0.663. The van der Waals surface area contributed by atoms with Gasteiger partial charge in [-0.2, -0.15) is 0 Å². The highest BCUT2D eigenvalue weighted by Gasteiger charge is 2.07. The van der Waals surface area contributed by atoms with Crippen molar-refractivity contribution >= 4 is 11.6 Å². The Morgan fingerprint density at radius 1 is 1.38 bits per heavy atom. The normalized spacial score (nSPS) is 12.9. The largest absolute Gasteiger partial charge is 0.207 e. The Morgan fingerprint density at radius 3 is 2.69 bits per heavy atom. The summed E-state index contributed by atoms with van der Waals surface area (Å²) in [5.74, 6) is -0.148. The van der Waals surface area contributed by atoms with Crippen molar-refractivity contribution in [3.63, 3.8) is 0 Å². The smallest absolute Gasteiger partial charge is 0.126 e. The van der Waals surface area contributed by atoms with Gasteiger partial charge in [-0.25, -0.2) is 8.78 Å².